The van der Waals surface area contributed by atoms with Gasteiger partial charge in [-0.25, -0.2) is 19.9 Å². The third-order valence-corrected chi connectivity index (χ3v) is 11.1. The van der Waals surface area contributed by atoms with Crippen LogP contribution in [0.15, 0.2) is 170 Å². The van der Waals surface area contributed by atoms with Crippen molar-refractivity contribution in [3.63, 3.8) is 0 Å². The molecule has 0 radical (unpaired) electrons. The molecule has 0 atom stereocenters. The van der Waals surface area contributed by atoms with Gasteiger partial charge in [-0.05, 0) is 48.5 Å². The summed E-state index contributed by atoms with van der Waals surface area (Å²) >= 11 is 1.79. The van der Waals surface area contributed by atoms with Gasteiger partial charge in [0.1, 0.15) is 0 Å². The minimum Gasteiger partial charge on any atom is -0.280 e. The molecule has 10 aromatic rings. The molecule has 0 N–H and O–H groups in total. The number of hydrogen-bond donors (Lipinski definition) is 0. The van der Waals surface area contributed by atoms with Gasteiger partial charge in [0.15, 0.2) is 17.5 Å². The lowest BCUT2D eigenvalue weighted by Gasteiger charge is -2.25. The molecule has 0 bridgehead atoms. The predicted octanol–water partition coefficient (Wildman–Crippen LogP) is 12.0. The summed E-state index contributed by atoms with van der Waals surface area (Å²) < 4.78 is 4.75. The number of fused-ring (bicyclic) bond motifs is 10. The van der Waals surface area contributed by atoms with Crippen LogP contribution in [0.1, 0.15) is 0 Å². The van der Waals surface area contributed by atoms with E-state index in [1.165, 1.54) is 20.2 Å². The second kappa shape index (κ2) is 11.8. The van der Waals surface area contributed by atoms with Crippen LogP contribution in [-0.4, -0.2) is 24.5 Å². The van der Waals surface area contributed by atoms with E-state index in [4.69, 9.17) is 19.9 Å². The van der Waals surface area contributed by atoms with Gasteiger partial charge in [-0.3, -0.25) is 9.47 Å². The van der Waals surface area contributed by atoms with Crippen LogP contribution in [0.25, 0.3) is 82.2 Å². The second-order valence-electron chi connectivity index (χ2n) is 13.1. The van der Waals surface area contributed by atoms with Crippen LogP contribution in [0, 0.1) is 0 Å². The van der Waals surface area contributed by atoms with E-state index < -0.39 is 0 Å². The summed E-state index contributed by atoms with van der Waals surface area (Å²) in [6, 6.07) is 59.1. The zero-order valence-corrected chi connectivity index (χ0v) is 29.1. The number of nitrogens with zero attached hydrogens (tertiary/aromatic N) is 6. The van der Waals surface area contributed by atoms with Crippen molar-refractivity contribution in [1.82, 2.24) is 24.5 Å². The Hall–Kier alpha value is -6.96. The van der Waals surface area contributed by atoms with Crippen molar-refractivity contribution in [2.45, 2.75) is 0 Å². The number of rotatable bonds is 4. The molecule has 0 spiro atoms. The van der Waals surface area contributed by atoms with Crippen molar-refractivity contribution in [1.29, 1.82) is 0 Å². The Morgan fingerprint density at radius 2 is 1.04 bits per heavy atom. The fourth-order valence-electron chi connectivity index (χ4n) is 7.56. The molecule has 53 heavy (non-hydrogen) atoms. The van der Waals surface area contributed by atoms with Crippen molar-refractivity contribution in [3.05, 3.63) is 170 Å². The van der Waals surface area contributed by atoms with Gasteiger partial charge in [-0.15, -0.1) is 11.3 Å². The van der Waals surface area contributed by atoms with Crippen LogP contribution in [-0.2, 0) is 0 Å². The van der Waals surface area contributed by atoms with Gasteiger partial charge in [0, 0.05) is 53.7 Å². The molecule has 3 aromatic heterocycles. The van der Waals surface area contributed by atoms with E-state index in [1.54, 1.807) is 11.3 Å². The summed E-state index contributed by atoms with van der Waals surface area (Å²) in [7, 11) is 0. The number of benzene rings is 7. The lowest BCUT2D eigenvalue weighted by molar-refractivity contribution is 1.05. The molecule has 0 unspecified atom stereocenters. The Morgan fingerprint density at radius 3 is 1.89 bits per heavy atom. The second-order valence-corrected chi connectivity index (χ2v) is 14.2. The smallest absolute Gasteiger partial charge is 0.220 e. The summed E-state index contributed by atoms with van der Waals surface area (Å²) in [5.41, 5.74) is 10.1. The quantitative estimate of drug-likeness (QED) is 0.183. The molecule has 248 valence electrons. The van der Waals surface area contributed by atoms with Gasteiger partial charge in [0.2, 0.25) is 5.95 Å². The standard InChI is InChI=1S/C46H28N6S/c1-2-13-29(14-3-1)43-48-44(50-45(49-43)31-25-26-36-35-19-6-11-24-41(35)53-42(36)28-31)30-15-12-16-32(27-30)51-38-21-8-4-17-33(38)34-18-5-9-22-39(34)52-40-23-10-7-20-37(40)47-46(51)52/h1-28H. The molecule has 11 rings (SSSR count). The largest absolute Gasteiger partial charge is 0.280 e. The zero-order chi connectivity index (χ0) is 34.9. The highest BCUT2D eigenvalue weighted by Crippen LogP contribution is 2.48. The Kier molecular flexibility index (Phi) is 6.62. The molecule has 0 saturated heterocycles. The Morgan fingerprint density at radius 1 is 0.415 bits per heavy atom. The van der Waals surface area contributed by atoms with Crippen LogP contribution in [0.4, 0.5) is 17.3 Å². The maximum atomic E-state index is 5.27. The molecule has 1 aliphatic rings. The molecule has 6 nitrogen and oxygen atoms in total. The molecule has 0 amide bonds. The topological polar surface area (TPSA) is 59.7 Å². The number of hydrogen-bond acceptors (Lipinski definition) is 6. The minimum atomic E-state index is 0.604. The first-order valence-electron chi connectivity index (χ1n) is 17.6. The summed E-state index contributed by atoms with van der Waals surface area (Å²) in [6.07, 6.45) is 0. The Balaban J connectivity index is 1.11. The van der Waals surface area contributed by atoms with Crippen molar-refractivity contribution in [2.24, 2.45) is 0 Å². The lowest BCUT2D eigenvalue weighted by Crippen LogP contribution is -2.14. The number of thiophene rings is 1. The van der Waals surface area contributed by atoms with Crippen molar-refractivity contribution in [3.8, 4) is 51.0 Å². The minimum absolute atomic E-state index is 0.604. The molecule has 0 aliphatic carbocycles. The normalized spacial score (nSPS) is 12.1. The predicted molar refractivity (Wildman–Crippen MR) is 217 cm³/mol. The lowest BCUT2D eigenvalue weighted by atomic mass is 10.0. The fraction of sp³-hybridized carbons (Fsp3) is 0. The zero-order valence-electron chi connectivity index (χ0n) is 28.3. The molecule has 7 heteroatoms. The Bertz CT molecular complexity index is 3040. The first kappa shape index (κ1) is 29.7. The van der Waals surface area contributed by atoms with Crippen LogP contribution >= 0.6 is 11.3 Å². The summed E-state index contributed by atoms with van der Waals surface area (Å²) in [6.45, 7) is 0. The molecule has 1 aliphatic heterocycles. The highest BCUT2D eigenvalue weighted by atomic mass is 32.1. The van der Waals surface area contributed by atoms with Gasteiger partial charge in [-0.2, -0.15) is 0 Å². The van der Waals surface area contributed by atoms with E-state index in [0.29, 0.717) is 17.5 Å². The van der Waals surface area contributed by atoms with Crippen LogP contribution < -0.4 is 4.90 Å². The van der Waals surface area contributed by atoms with Gasteiger partial charge in [0.05, 0.1) is 22.4 Å². The van der Waals surface area contributed by atoms with E-state index in [2.05, 4.69) is 143 Å². The number of aromatic nitrogens is 5. The van der Waals surface area contributed by atoms with Crippen molar-refractivity contribution < 1.29 is 0 Å². The maximum Gasteiger partial charge on any atom is 0.220 e. The molecule has 0 saturated carbocycles. The number of anilines is 3. The SMILES string of the molecule is c1ccc(-c2nc(-c3cccc(N4c5ccccc5-c5ccccc5-n5c4nc4ccccc45)c3)nc(-c3ccc4c(c3)sc3ccccc34)n2)cc1. The molecular weight excluding hydrogens is 669 g/mol. The average Bonchev–Trinajstić information content (AvgIpc) is 3.76. The highest BCUT2D eigenvalue weighted by Gasteiger charge is 2.29. The maximum absolute atomic E-state index is 5.27. The third kappa shape index (κ3) is 4.79. The summed E-state index contributed by atoms with van der Waals surface area (Å²) in [5, 5.41) is 2.51. The molecule has 7 aromatic carbocycles. The third-order valence-electron chi connectivity index (χ3n) is 9.99. The van der Waals surface area contributed by atoms with E-state index in [0.717, 1.165) is 61.9 Å². The summed E-state index contributed by atoms with van der Waals surface area (Å²) in [5.74, 6) is 2.69. The van der Waals surface area contributed by atoms with Crippen molar-refractivity contribution in [2.75, 3.05) is 4.90 Å². The first-order chi connectivity index (χ1) is 26.3. The number of para-hydroxylation sites is 4. The van der Waals surface area contributed by atoms with Gasteiger partial charge in [0.25, 0.3) is 0 Å². The van der Waals surface area contributed by atoms with Crippen LogP contribution in [0.2, 0.25) is 0 Å². The van der Waals surface area contributed by atoms with E-state index in [9.17, 15) is 0 Å². The fourth-order valence-corrected chi connectivity index (χ4v) is 8.70. The molecule has 0 fully saturated rings. The summed E-state index contributed by atoms with van der Waals surface area (Å²) in [4.78, 5) is 22.8. The Labute approximate surface area is 309 Å². The van der Waals surface area contributed by atoms with E-state index >= 15 is 0 Å². The monoisotopic (exact) mass is 696 g/mol. The molecular formula is C46H28N6S. The van der Waals surface area contributed by atoms with E-state index in [1.807, 2.05) is 36.4 Å². The van der Waals surface area contributed by atoms with E-state index in [-0.39, 0.29) is 0 Å². The average molecular weight is 697 g/mol. The number of imidazole rings is 1. The first-order valence-corrected chi connectivity index (χ1v) is 18.4. The van der Waals surface area contributed by atoms with Gasteiger partial charge in [-0.1, -0.05) is 121 Å². The van der Waals surface area contributed by atoms with Gasteiger partial charge >= 0.3 is 0 Å². The van der Waals surface area contributed by atoms with Crippen LogP contribution in [0.5, 0.6) is 0 Å². The van der Waals surface area contributed by atoms with Crippen LogP contribution in [0.3, 0.4) is 0 Å². The molecule has 4 heterocycles. The van der Waals surface area contributed by atoms with Crippen molar-refractivity contribution >= 4 is 59.9 Å². The van der Waals surface area contributed by atoms with Gasteiger partial charge < -0.3 is 0 Å². The highest BCUT2D eigenvalue weighted by molar-refractivity contribution is 7.25.